The molecule has 0 fully saturated rings. The van der Waals surface area contributed by atoms with Gasteiger partial charge in [0.15, 0.2) is 0 Å². The second-order valence-corrected chi connectivity index (χ2v) is 4.63. The molecule has 0 aliphatic carbocycles. The molecule has 0 aromatic heterocycles. The molecule has 0 aliphatic heterocycles. The summed E-state index contributed by atoms with van der Waals surface area (Å²) in [5.41, 5.74) is 1.44. The molecule has 1 heteroatoms. The minimum atomic E-state index is 0.690. The molecule has 0 aliphatic rings. The van der Waals surface area contributed by atoms with E-state index in [1.807, 2.05) is 0 Å². The first-order valence-corrected chi connectivity index (χ1v) is 6.78. The van der Waals surface area contributed by atoms with E-state index in [2.05, 4.69) is 56.5 Å². The van der Waals surface area contributed by atoms with Gasteiger partial charge in [0, 0.05) is 4.90 Å². The molecule has 82 valence electrons. The molecule has 1 aromatic rings. The summed E-state index contributed by atoms with van der Waals surface area (Å²) in [6.07, 6.45) is 8.96. The van der Waals surface area contributed by atoms with Gasteiger partial charge in [-0.15, -0.1) is 11.8 Å². The lowest BCUT2D eigenvalue weighted by Gasteiger charge is -2.10. The smallest absolute Gasteiger partial charge is 0.00693 e. The Labute approximate surface area is 97.8 Å². The van der Waals surface area contributed by atoms with Crippen LogP contribution in [0.2, 0.25) is 0 Å². The third-order valence-electron chi connectivity index (χ3n) is 2.65. The van der Waals surface area contributed by atoms with Crippen molar-refractivity contribution >= 4 is 11.8 Å². The van der Waals surface area contributed by atoms with Gasteiger partial charge in [-0.1, -0.05) is 31.2 Å². The minimum absolute atomic E-state index is 0.690. The molecule has 0 saturated carbocycles. The van der Waals surface area contributed by atoms with E-state index in [1.165, 1.54) is 16.9 Å². The lowest BCUT2D eigenvalue weighted by Crippen LogP contribution is -1.99. The Morgan fingerprint density at radius 1 is 1.27 bits per heavy atom. The van der Waals surface area contributed by atoms with Crippen LogP contribution in [0.15, 0.2) is 41.3 Å². The van der Waals surface area contributed by atoms with Crippen molar-refractivity contribution in [3.63, 3.8) is 0 Å². The fourth-order valence-corrected chi connectivity index (χ4v) is 2.09. The van der Waals surface area contributed by atoms with E-state index in [0.717, 1.165) is 6.42 Å². The molecule has 1 atom stereocenters. The highest BCUT2D eigenvalue weighted by Crippen LogP contribution is 2.18. The van der Waals surface area contributed by atoms with Crippen molar-refractivity contribution in [3.05, 3.63) is 42.0 Å². The molecule has 1 aromatic carbocycles. The first kappa shape index (κ1) is 12.4. The topological polar surface area (TPSA) is 0 Å². The fourth-order valence-electron chi connectivity index (χ4n) is 1.68. The quantitative estimate of drug-likeness (QED) is 0.518. The van der Waals surface area contributed by atoms with Gasteiger partial charge in [0.05, 0.1) is 0 Å². The number of rotatable bonds is 5. The van der Waals surface area contributed by atoms with Crippen LogP contribution in [-0.2, 0) is 6.42 Å². The molecule has 1 unspecified atom stereocenters. The molecule has 0 amide bonds. The SMILES string of the molecule is C/C=C\C(CC)Cc1ccc(SC)cc1. The second kappa shape index (κ2) is 6.73. The number of benzene rings is 1. The molecule has 0 heterocycles. The van der Waals surface area contributed by atoms with Crippen LogP contribution in [0.3, 0.4) is 0 Å². The van der Waals surface area contributed by atoms with E-state index in [9.17, 15) is 0 Å². The van der Waals surface area contributed by atoms with Gasteiger partial charge in [-0.2, -0.15) is 0 Å². The van der Waals surface area contributed by atoms with Gasteiger partial charge in [-0.25, -0.2) is 0 Å². The summed E-state index contributed by atoms with van der Waals surface area (Å²) in [4.78, 5) is 1.35. The summed E-state index contributed by atoms with van der Waals surface area (Å²) in [6.45, 7) is 4.35. The summed E-state index contributed by atoms with van der Waals surface area (Å²) >= 11 is 1.80. The Kier molecular flexibility index (Phi) is 5.56. The van der Waals surface area contributed by atoms with Crippen molar-refractivity contribution in [1.29, 1.82) is 0 Å². The van der Waals surface area contributed by atoms with Crippen molar-refractivity contribution in [1.82, 2.24) is 0 Å². The van der Waals surface area contributed by atoms with Crippen LogP contribution < -0.4 is 0 Å². The molecular weight excluding hydrogens is 200 g/mol. The summed E-state index contributed by atoms with van der Waals surface area (Å²) in [5.74, 6) is 0.690. The average molecular weight is 220 g/mol. The van der Waals surface area contributed by atoms with Gasteiger partial charge in [0.1, 0.15) is 0 Å². The van der Waals surface area contributed by atoms with E-state index < -0.39 is 0 Å². The molecule has 0 saturated heterocycles. The Morgan fingerprint density at radius 3 is 2.40 bits per heavy atom. The third-order valence-corrected chi connectivity index (χ3v) is 3.39. The van der Waals surface area contributed by atoms with Crippen molar-refractivity contribution in [2.75, 3.05) is 6.26 Å². The van der Waals surface area contributed by atoms with Crippen LogP contribution in [-0.4, -0.2) is 6.26 Å². The Hall–Kier alpha value is -0.690. The number of hydrogen-bond donors (Lipinski definition) is 0. The highest BCUT2D eigenvalue weighted by Gasteiger charge is 2.02. The largest absolute Gasteiger partial charge is 0.130 e. The lowest BCUT2D eigenvalue weighted by atomic mass is 9.97. The van der Waals surface area contributed by atoms with E-state index in [4.69, 9.17) is 0 Å². The first-order valence-electron chi connectivity index (χ1n) is 5.55. The van der Waals surface area contributed by atoms with Crippen LogP contribution in [0, 0.1) is 5.92 Å². The van der Waals surface area contributed by atoms with Crippen molar-refractivity contribution in [2.45, 2.75) is 31.6 Å². The molecule has 1 rings (SSSR count). The van der Waals surface area contributed by atoms with Crippen LogP contribution in [0.25, 0.3) is 0 Å². The highest BCUT2D eigenvalue weighted by atomic mass is 32.2. The van der Waals surface area contributed by atoms with E-state index in [1.54, 1.807) is 11.8 Å². The predicted molar refractivity (Wildman–Crippen MR) is 70.5 cm³/mol. The lowest BCUT2D eigenvalue weighted by molar-refractivity contribution is 0.623. The fraction of sp³-hybridized carbons (Fsp3) is 0.429. The number of hydrogen-bond acceptors (Lipinski definition) is 1. The Bertz CT molecular complexity index is 298. The molecule has 15 heavy (non-hydrogen) atoms. The van der Waals surface area contributed by atoms with Gasteiger partial charge in [-0.05, 0) is 49.6 Å². The number of allylic oxidation sites excluding steroid dienone is 2. The van der Waals surface area contributed by atoms with Gasteiger partial charge < -0.3 is 0 Å². The Balaban J connectivity index is 2.62. The molecule has 0 radical (unpaired) electrons. The normalized spacial score (nSPS) is 13.3. The van der Waals surface area contributed by atoms with Gasteiger partial charge in [0.2, 0.25) is 0 Å². The summed E-state index contributed by atoms with van der Waals surface area (Å²) in [5, 5.41) is 0. The van der Waals surface area contributed by atoms with E-state index >= 15 is 0 Å². The summed E-state index contributed by atoms with van der Waals surface area (Å²) in [7, 11) is 0. The molecule has 0 N–H and O–H groups in total. The maximum absolute atomic E-state index is 2.31. The monoisotopic (exact) mass is 220 g/mol. The first-order chi connectivity index (χ1) is 7.30. The summed E-state index contributed by atoms with van der Waals surface area (Å²) in [6, 6.07) is 8.92. The highest BCUT2D eigenvalue weighted by molar-refractivity contribution is 7.98. The molecule has 0 bridgehead atoms. The van der Waals surface area contributed by atoms with Crippen LogP contribution >= 0.6 is 11.8 Å². The summed E-state index contributed by atoms with van der Waals surface area (Å²) < 4.78 is 0. The van der Waals surface area contributed by atoms with E-state index in [0.29, 0.717) is 5.92 Å². The van der Waals surface area contributed by atoms with Gasteiger partial charge >= 0.3 is 0 Å². The standard InChI is InChI=1S/C14H20S/c1-4-6-12(5-2)11-13-7-9-14(15-3)10-8-13/h4,6-10,12H,5,11H2,1-3H3/b6-4-. The van der Waals surface area contributed by atoms with Gasteiger partial charge in [-0.3, -0.25) is 0 Å². The van der Waals surface area contributed by atoms with Crippen molar-refractivity contribution < 1.29 is 0 Å². The Morgan fingerprint density at radius 2 is 1.93 bits per heavy atom. The van der Waals surface area contributed by atoms with Crippen molar-refractivity contribution in [3.8, 4) is 0 Å². The predicted octanol–water partition coefficient (Wildman–Crippen LogP) is 4.55. The van der Waals surface area contributed by atoms with Crippen LogP contribution in [0.4, 0.5) is 0 Å². The molecular formula is C14H20S. The minimum Gasteiger partial charge on any atom is -0.130 e. The van der Waals surface area contributed by atoms with Crippen LogP contribution in [0.1, 0.15) is 25.8 Å². The average Bonchev–Trinajstić information content (AvgIpc) is 2.29. The molecule has 0 spiro atoms. The zero-order valence-corrected chi connectivity index (χ0v) is 10.7. The maximum Gasteiger partial charge on any atom is 0.00693 e. The zero-order valence-electron chi connectivity index (χ0n) is 9.86. The van der Waals surface area contributed by atoms with Gasteiger partial charge in [0.25, 0.3) is 0 Å². The third kappa shape index (κ3) is 4.13. The maximum atomic E-state index is 2.31. The van der Waals surface area contributed by atoms with Crippen molar-refractivity contribution in [2.24, 2.45) is 5.92 Å². The second-order valence-electron chi connectivity index (χ2n) is 3.75. The number of thioether (sulfide) groups is 1. The van der Waals surface area contributed by atoms with E-state index in [-0.39, 0.29) is 0 Å². The van der Waals surface area contributed by atoms with Crippen LogP contribution in [0.5, 0.6) is 0 Å². The molecule has 0 nitrogen and oxygen atoms in total. The zero-order chi connectivity index (χ0) is 11.1.